The molecule has 3 aliphatic rings. The number of carbonyl (C=O) groups is 1. The Labute approximate surface area is 137 Å². The zero-order valence-corrected chi connectivity index (χ0v) is 14.5. The van der Waals surface area contributed by atoms with Crippen LogP contribution in [0.3, 0.4) is 0 Å². The van der Waals surface area contributed by atoms with Gasteiger partial charge in [-0.3, -0.25) is 0 Å². The molecule has 0 aromatic heterocycles. The topological polar surface area (TPSA) is 26.3 Å². The van der Waals surface area contributed by atoms with Gasteiger partial charge in [-0.15, -0.1) is 0 Å². The minimum Gasteiger partial charge on any atom is -0.303 e. The Morgan fingerprint density at radius 1 is 0.739 bits per heavy atom. The zero-order valence-electron chi connectivity index (χ0n) is 13.6. The molecular weight excluding hydrogens is 324 g/mol. The summed E-state index contributed by atoms with van der Waals surface area (Å²) in [6.45, 7) is 0. The van der Waals surface area contributed by atoms with Crippen molar-refractivity contribution in [2.45, 2.75) is 100 Å². The summed E-state index contributed by atoms with van der Waals surface area (Å²) in [6, 6.07) is 0. The zero-order chi connectivity index (χ0) is 16.5. The van der Waals surface area contributed by atoms with E-state index in [2.05, 4.69) is 0 Å². The van der Waals surface area contributed by atoms with Crippen LogP contribution in [-0.2, 0) is 9.32 Å². The number of hydrogen-bond acceptors (Lipinski definition) is 2. The van der Waals surface area contributed by atoms with Gasteiger partial charge in [0.15, 0.2) is 0 Å². The van der Waals surface area contributed by atoms with Crippen molar-refractivity contribution < 1.29 is 22.5 Å². The van der Waals surface area contributed by atoms with Crippen molar-refractivity contribution in [2.24, 2.45) is 0 Å². The first-order valence-corrected chi connectivity index (χ1v) is 11.0. The third-order valence-corrected chi connectivity index (χ3v) is 11.6. The first-order chi connectivity index (χ1) is 10.9. The summed E-state index contributed by atoms with van der Waals surface area (Å²) >= 11 is 0. The van der Waals surface area contributed by atoms with Gasteiger partial charge in [0.1, 0.15) is 17.0 Å². The summed E-state index contributed by atoms with van der Waals surface area (Å²) in [5.41, 5.74) is 0.708. The average Bonchev–Trinajstić information content (AvgIpc) is 3.27. The molecule has 0 amide bonds. The third-order valence-electron chi connectivity index (χ3n) is 6.16. The molecule has 0 radical (unpaired) electrons. The Bertz CT molecular complexity index is 379. The minimum atomic E-state index is -4.86. The highest BCUT2D eigenvalue weighted by Crippen LogP contribution is 2.79. The summed E-state index contributed by atoms with van der Waals surface area (Å²) in [5, 5.41) is 0. The standard InChI is InChI=1S/C17H27F3O2P/c18-17(19,20)16(21)22-23(13-7-1-2-8-13,14-9-3-4-10-14)15-11-5-6-12-15/h13-15H,1-12H2/q+1. The van der Waals surface area contributed by atoms with E-state index >= 15 is 0 Å². The van der Waals surface area contributed by atoms with Gasteiger partial charge >= 0.3 is 12.1 Å². The first-order valence-electron chi connectivity index (χ1n) is 9.13. The molecule has 2 nitrogen and oxygen atoms in total. The van der Waals surface area contributed by atoms with Gasteiger partial charge < -0.3 is 4.52 Å². The second-order valence-corrected chi connectivity index (χ2v) is 11.4. The Hall–Kier alpha value is -0.310. The molecule has 0 unspecified atom stereocenters. The van der Waals surface area contributed by atoms with Gasteiger partial charge in [0.05, 0.1) is 0 Å². The van der Waals surface area contributed by atoms with Gasteiger partial charge in [-0.2, -0.15) is 13.2 Å². The average molecular weight is 351 g/mol. The molecule has 23 heavy (non-hydrogen) atoms. The number of alkyl halides is 3. The molecule has 0 atom stereocenters. The summed E-state index contributed by atoms with van der Waals surface area (Å²) in [7, 11) is -2.36. The van der Waals surface area contributed by atoms with Gasteiger partial charge in [0.2, 0.25) is 7.49 Å². The molecule has 3 fully saturated rings. The number of carbonyl (C=O) groups excluding carboxylic acids is 1. The second kappa shape index (κ2) is 6.90. The molecule has 6 heteroatoms. The molecule has 0 bridgehead atoms. The lowest BCUT2D eigenvalue weighted by atomic mass is 10.3. The lowest BCUT2D eigenvalue weighted by molar-refractivity contribution is -0.189. The van der Waals surface area contributed by atoms with Crippen LogP contribution in [0.1, 0.15) is 77.0 Å². The Kier molecular flexibility index (Phi) is 5.25. The van der Waals surface area contributed by atoms with E-state index in [1.807, 2.05) is 0 Å². The van der Waals surface area contributed by atoms with E-state index in [1.165, 1.54) is 0 Å². The second-order valence-electron chi connectivity index (χ2n) is 7.45. The van der Waals surface area contributed by atoms with Crippen molar-refractivity contribution in [3.63, 3.8) is 0 Å². The number of rotatable bonds is 4. The van der Waals surface area contributed by atoms with Crippen LogP contribution in [-0.4, -0.2) is 29.1 Å². The molecule has 0 saturated heterocycles. The van der Waals surface area contributed by atoms with Crippen LogP contribution >= 0.6 is 7.49 Å². The highest BCUT2D eigenvalue weighted by Gasteiger charge is 2.65. The molecule has 0 N–H and O–H groups in total. The molecule has 0 aromatic carbocycles. The summed E-state index contributed by atoms with van der Waals surface area (Å²) < 4.78 is 44.6. The van der Waals surface area contributed by atoms with E-state index in [0.717, 1.165) is 77.0 Å². The molecule has 0 aromatic rings. The monoisotopic (exact) mass is 351 g/mol. The fourth-order valence-electron chi connectivity index (χ4n) is 5.24. The van der Waals surface area contributed by atoms with E-state index < -0.39 is 19.6 Å². The highest BCUT2D eigenvalue weighted by molar-refractivity contribution is 7.73. The van der Waals surface area contributed by atoms with Crippen LogP contribution in [0.4, 0.5) is 13.2 Å². The maximum atomic E-state index is 13.0. The first kappa shape index (κ1) is 17.5. The SMILES string of the molecule is O=C(O[P+](C1CCCC1)(C1CCCC1)C1CCCC1)C(F)(F)F. The Morgan fingerprint density at radius 3 is 1.30 bits per heavy atom. The molecule has 3 saturated carbocycles. The maximum Gasteiger partial charge on any atom is 0.495 e. The van der Waals surface area contributed by atoms with Crippen molar-refractivity contribution in [1.82, 2.24) is 0 Å². The molecule has 0 spiro atoms. The maximum absolute atomic E-state index is 13.0. The lowest BCUT2D eigenvalue weighted by Crippen LogP contribution is -2.36. The van der Waals surface area contributed by atoms with Crippen molar-refractivity contribution >= 4 is 13.5 Å². The normalized spacial score (nSPS) is 25.3. The molecule has 3 rings (SSSR count). The van der Waals surface area contributed by atoms with Crippen molar-refractivity contribution in [1.29, 1.82) is 0 Å². The Balaban J connectivity index is 1.95. The predicted octanol–water partition coefficient (Wildman–Crippen LogP) is 5.85. The Morgan fingerprint density at radius 2 is 1.04 bits per heavy atom. The van der Waals surface area contributed by atoms with Crippen LogP contribution in [0.5, 0.6) is 0 Å². The van der Waals surface area contributed by atoms with Crippen molar-refractivity contribution in [3.8, 4) is 0 Å². The largest absolute Gasteiger partial charge is 0.495 e. The highest BCUT2D eigenvalue weighted by atomic mass is 31.2. The van der Waals surface area contributed by atoms with Crippen LogP contribution < -0.4 is 0 Å². The third kappa shape index (κ3) is 3.41. The van der Waals surface area contributed by atoms with Crippen LogP contribution in [0.25, 0.3) is 0 Å². The molecule has 3 aliphatic carbocycles. The molecule has 0 heterocycles. The van der Waals surface area contributed by atoms with Gasteiger partial charge in [-0.05, 0) is 77.0 Å². The van der Waals surface area contributed by atoms with E-state index in [1.54, 1.807) is 0 Å². The summed E-state index contributed by atoms with van der Waals surface area (Å²) in [6.07, 6.45) is 7.40. The number of hydrogen-bond donors (Lipinski definition) is 0. The van der Waals surface area contributed by atoms with Gasteiger partial charge in [0, 0.05) is 0 Å². The lowest BCUT2D eigenvalue weighted by Gasteiger charge is -2.39. The molecular formula is C17H27F3O2P+. The van der Waals surface area contributed by atoms with Crippen LogP contribution in [0.15, 0.2) is 0 Å². The van der Waals surface area contributed by atoms with Crippen molar-refractivity contribution in [3.05, 3.63) is 0 Å². The van der Waals surface area contributed by atoms with Gasteiger partial charge in [0.25, 0.3) is 0 Å². The number of halogens is 3. The minimum absolute atomic E-state index is 0.236. The summed E-state index contributed by atoms with van der Waals surface area (Å²) in [5.74, 6) is -1.91. The van der Waals surface area contributed by atoms with E-state index in [9.17, 15) is 18.0 Å². The van der Waals surface area contributed by atoms with E-state index in [4.69, 9.17) is 4.52 Å². The molecule has 0 aliphatic heterocycles. The van der Waals surface area contributed by atoms with Crippen molar-refractivity contribution in [2.75, 3.05) is 0 Å². The molecule has 132 valence electrons. The van der Waals surface area contributed by atoms with Gasteiger partial charge in [-0.1, -0.05) is 0 Å². The van der Waals surface area contributed by atoms with Crippen LogP contribution in [0.2, 0.25) is 0 Å². The fraction of sp³-hybridized carbons (Fsp3) is 0.941. The van der Waals surface area contributed by atoms with E-state index in [-0.39, 0.29) is 17.0 Å². The quantitative estimate of drug-likeness (QED) is 0.594. The van der Waals surface area contributed by atoms with Gasteiger partial charge in [-0.25, -0.2) is 4.79 Å². The fourth-order valence-corrected chi connectivity index (χ4v) is 11.4. The van der Waals surface area contributed by atoms with E-state index in [0.29, 0.717) is 0 Å². The predicted molar refractivity (Wildman–Crippen MR) is 85.8 cm³/mol. The summed E-state index contributed by atoms with van der Waals surface area (Å²) in [4.78, 5) is 11.8. The smallest absolute Gasteiger partial charge is 0.303 e. The van der Waals surface area contributed by atoms with Crippen LogP contribution in [0, 0.1) is 0 Å².